The number of esters is 1. The molecule has 0 spiro atoms. The quantitative estimate of drug-likeness (QED) is 0.567. The number of nitrogens with zero attached hydrogens (tertiary/aromatic N) is 1. The standard InChI is InChI=1S/C18H12N2O4S/c21-17-9-13(12-4-1-2-5-14(12)19-17)18(22)23-10-11-8-15(24-20-11)16-6-3-7-25-16/h1-9H,10H2,(H,19,21). The first-order valence-corrected chi connectivity index (χ1v) is 8.37. The van der Waals surface area contributed by atoms with Gasteiger partial charge in [-0.2, -0.15) is 0 Å². The molecule has 0 radical (unpaired) electrons. The molecule has 0 unspecified atom stereocenters. The number of hydrogen-bond donors (Lipinski definition) is 1. The topological polar surface area (TPSA) is 85.2 Å². The number of thiophene rings is 1. The Balaban J connectivity index is 1.54. The van der Waals surface area contributed by atoms with Crippen molar-refractivity contribution in [1.29, 1.82) is 0 Å². The number of aromatic amines is 1. The van der Waals surface area contributed by atoms with Crippen LogP contribution in [-0.2, 0) is 11.3 Å². The predicted octanol–water partition coefficient (Wildman–Crippen LogP) is 3.60. The highest BCUT2D eigenvalue weighted by Crippen LogP contribution is 2.25. The molecule has 124 valence electrons. The summed E-state index contributed by atoms with van der Waals surface area (Å²) in [4.78, 5) is 27.8. The molecule has 0 fully saturated rings. The SMILES string of the molecule is O=C(OCc1cc(-c2cccs2)on1)c1cc(=O)[nH]c2ccccc12. The van der Waals surface area contributed by atoms with Crippen molar-refractivity contribution in [3.8, 4) is 10.6 Å². The summed E-state index contributed by atoms with van der Waals surface area (Å²) in [6.45, 7) is -0.0329. The van der Waals surface area contributed by atoms with Crippen molar-refractivity contribution < 1.29 is 14.1 Å². The fourth-order valence-corrected chi connectivity index (χ4v) is 3.18. The van der Waals surface area contributed by atoms with E-state index in [-0.39, 0.29) is 17.7 Å². The summed E-state index contributed by atoms with van der Waals surface area (Å²) in [5.41, 5.74) is 0.961. The lowest BCUT2D eigenvalue weighted by Gasteiger charge is -2.05. The highest BCUT2D eigenvalue weighted by Gasteiger charge is 2.15. The second kappa shape index (κ2) is 6.37. The molecule has 0 saturated heterocycles. The maximum absolute atomic E-state index is 12.4. The molecule has 25 heavy (non-hydrogen) atoms. The van der Waals surface area contributed by atoms with E-state index < -0.39 is 5.97 Å². The number of para-hydroxylation sites is 1. The first-order valence-electron chi connectivity index (χ1n) is 7.49. The third-order valence-electron chi connectivity index (χ3n) is 3.64. The number of carbonyl (C=O) groups excluding carboxylic acids is 1. The zero-order valence-electron chi connectivity index (χ0n) is 12.9. The van der Waals surface area contributed by atoms with Crippen molar-refractivity contribution in [3.63, 3.8) is 0 Å². The van der Waals surface area contributed by atoms with Gasteiger partial charge in [0.05, 0.1) is 10.4 Å². The molecule has 1 N–H and O–H groups in total. The summed E-state index contributed by atoms with van der Waals surface area (Å²) in [7, 11) is 0. The molecule has 3 heterocycles. The number of benzene rings is 1. The zero-order valence-corrected chi connectivity index (χ0v) is 13.7. The van der Waals surface area contributed by atoms with Gasteiger partial charge in [0, 0.05) is 23.0 Å². The van der Waals surface area contributed by atoms with Crippen LogP contribution in [0.25, 0.3) is 21.5 Å². The summed E-state index contributed by atoms with van der Waals surface area (Å²) in [6.07, 6.45) is 0. The van der Waals surface area contributed by atoms with Crippen LogP contribution in [0.1, 0.15) is 16.1 Å². The molecule has 1 aromatic carbocycles. The summed E-state index contributed by atoms with van der Waals surface area (Å²) in [6, 6.07) is 13.9. The molecule has 3 aromatic heterocycles. The van der Waals surface area contributed by atoms with E-state index in [1.807, 2.05) is 17.5 Å². The van der Waals surface area contributed by atoms with Crippen molar-refractivity contribution in [3.05, 3.63) is 75.5 Å². The van der Waals surface area contributed by atoms with Gasteiger partial charge in [0.2, 0.25) is 5.56 Å². The number of H-pyrrole nitrogens is 1. The van der Waals surface area contributed by atoms with Gasteiger partial charge < -0.3 is 14.2 Å². The molecule has 6 nitrogen and oxygen atoms in total. The van der Waals surface area contributed by atoms with Crippen LogP contribution >= 0.6 is 11.3 Å². The predicted molar refractivity (Wildman–Crippen MR) is 93.5 cm³/mol. The summed E-state index contributed by atoms with van der Waals surface area (Å²) >= 11 is 1.53. The Hall–Kier alpha value is -3.19. The number of aromatic nitrogens is 2. The van der Waals surface area contributed by atoms with Gasteiger partial charge in [-0.25, -0.2) is 4.79 Å². The van der Waals surface area contributed by atoms with E-state index >= 15 is 0 Å². The molecule has 7 heteroatoms. The summed E-state index contributed by atoms with van der Waals surface area (Å²) in [5, 5.41) is 6.48. The summed E-state index contributed by atoms with van der Waals surface area (Å²) < 4.78 is 10.5. The summed E-state index contributed by atoms with van der Waals surface area (Å²) in [5.74, 6) is 0.0469. The van der Waals surface area contributed by atoms with Gasteiger partial charge in [0.25, 0.3) is 0 Å². The van der Waals surface area contributed by atoms with Crippen molar-refractivity contribution >= 4 is 28.2 Å². The molecule has 0 aliphatic rings. The van der Waals surface area contributed by atoms with E-state index in [1.165, 1.54) is 17.4 Å². The Morgan fingerprint density at radius 2 is 2.08 bits per heavy atom. The lowest BCUT2D eigenvalue weighted by molar-refractivity contribution is 0.0466. The number of carbonyl (C=O) groups is 1. The normalized spacial score (nSPS) is 10.9. The third kappa shape index (κ3) is 3.09. The molecule has 4 aromatic rings. The lowest BCUT2D eigenvalue weighted by Crippen LogP contribution is -2.13. The van der Waals surface area contributed by atoms with Crippen molar-refractivity contribution in [2.45, 2.75) is 6.61 Å². The third-order valence-corrected chi connectivity index (χ3v) is 4.53. The Kier molecular flexibility index (Phi) is 3.91. The Labute approximate surface area is 145 Å². The number of fused-ring (bicyclic) bond motifs is 1. The fraction of sp³-hybridized carbons (Fsp3) is 0.0556. The van der Waals surface area contributed by atoms with Crippen LogP contribution in [0, 0.1) is 0 Å². The van der Waals surface area contributed by atoms with Crippen LogP contribution in [0.5, 0.6) is 0 Å². The largest absolute Gasteiger partial charge is 0.455 e. The number of rotatable bonds is 4. The maximum atomic E-state index is 12.4. The van der Waals surface area contributed by atoms with E-state index in [2.05, 4.69) is 10.1 Å². The minimum absolute atomic E-state index is 0.0329. The second-order valence-electron chi connectivity index (χ2n) is 5.33. The smallest absolute Gasteiger partial charge is 0.339 e. The number of hydrogen-bond acceptors (Lipinski definition) is 6. The van der Waals surface area contributed by atoms with Crippen LogP contribution in [0.4, 0.5) is 0 Å². The van der Waals surface area contributed by atoms with Crippen LogP contribution < -0.4 is 5.56 Å². The van der Waals surface area contributed by atoms with Crippen LogP contribution in [-0.4, -0.2) is 16.1 Å². The van der Waals surface area contributed by atoms with Crippen LogP contribution in [0.3, 0.4) is 0 Å². The highest BCUT2D eigenvalue weighted by atomic mass is 32.1. The Morgan fingerprint density at radius 3 is 2.92 bits per heavy atom. The van der Waals surface area contributed by atoms with Gasteiger partial charge in [-0.15, -0.1) is 11.3 Å². The van der Waals surface area contributed by atoms with Gasteiger partial charge >= 0.3 is 5.97 Å². The molecular formula is C18H12N2O4S. The minimum atomic E-state index is -0.581. The average Bonchev–Trinajstić information content (AvgIpc) is 3.30. The van der Waals surface area contributed by atoms with E-state index in [0.717, 1.165) is 4.88 Å². The number of pyridine rings is 1. The molecule has 0 amide bonds. The van der Waals surface area contributed by atoms with E-state index in [1.54, 1.807) is 30.3 Å². The van der Waals surface area contributed by atoms with E-state index in [9.17, 15) is 9.59 Å². The average molecular weight is 352 g/mol. The second-order valence-corrected chi connectivity index (χ2v) is 6.28. The zero-order chi connectivity index (χ0) is 17.2. The van der Waals surface area contributed by atoms with Gasteiger partial charge in [0.1, 0.15) is 12.3 Å². The highest BCUT2D eigenvalue weighted by molar-refractivity contribution is 7.13. The van der Waals surface area contributed by atoms with E-state index in [0.29, 0.717) is 22.4 Å². The fourth-order valence-electron chi connectivity index (χ4n) is 2.51. The molecule has 0 aliphatic heterocycles. The molecular weight excluding hydrogens is 340 g/mol. The molecule has 4 rings (SSSR count). The van der Waals surface area contributed by atoms with Crippen LogP contribution in [0.15, 0.2) is 63.2 Å². The minimum Gasteiger partial charge on any atom is -0.455 e. The van der Waals surface area contributed by atoms with Gasteiger partial charge in [-0.3, -0.25) is 4.79 Å². The first kappa shape index (κ1) is 15.3. The van der Waals surface area contributed by atoms with Crippen LogP contribution in [0.2, 0.25) is 0 Å². The lowest BCUT2D eigenvalue weighted by atomic mass is 10.1. The van der Waals surface area contributed by atoms with Crippen molar-refractivity contribution in [1.82, 2.24) is 10.1 Å². The van der Waals surface area contributed by atoms with Gasteiger partial charge in [-0.1, -0.05) is 29.4 Å². The Morgan fingerprint density at radius 1 is 1.20 bits per heavy atom. The molecule has 0 bridgehead atoms. The molecule has 0 saturated carbocycles. The molecule has 0 aliphatic carbocycles. The van der Waals surface area contributed by atoms with Crippen molar-refractivity contribution in [2.75, 3.05) is 0 Å². The van der Waals surface area contributed by atoms with E-state index in [4.69, 9.17) is 9.26 Å². The number of nitrogens with one attached hydrogen (secondary N) is 1. The molecule has 0 atom stereocenters. The number of ether oxygens (including phenoxy) is 1. The maximum Gasteiger partial charge on any atom is 0.339 e. The van der Waals surface area contributed by atoms with Gasteiger partial charge in [0.15, 0.2) is 5.76 Å². The monoisotopic (exact) mass is 352 g/mol. The first-order chi connectivity index (χ1) is 12.2. The van der Waals surface area contributed by atoms with Gasteiger partial charge in [-0.05, 0) is 17.5 Å². The Bertz CT molecular complexity index is 1100. The van der Waals surface area contributed by atoms with Crippen molar-refractivity contribution in [2.24, 2.45) is 0 Å².